The van der Waals surface area contributed by atoms with Gasteiger partial charge in [-0.2, -0.15) is 0 Å². The number of carbonyl (C=O) groups excluding carboxylic acids is 3. The molecule has 0 spiro atoms. The van der Waals surface area contributed by atoms with E-state index in [9.17, 15) is 14.4 Å². The maximum absolute atomic E-state index is 12.4. The number of fused-ring (bicyclic) bond motifs is 5. The first-order chi connectivity index (χ1) is 16.1. The van der Waals surface area contributed by atoms with E-state index in [2.05, 4.69) is 19.2 Å². The van der Waals surface area contributed by atoms with Crippen LogP contribution in [0.3, 0.4) is 0 Å². The van der Waals surface area contributed by atoms with Crippen LogP contribution < -0.4 is 5.32 Å². The Bertz CT molecular complexity index is 796. The molecule has 0 aromatic rings. The third-order valence-corrected chi connectivity index (χ3v) is 10.5. The summed E-state index contributed by atoms with van der Waals surface area (Å²) in [6.45, 7) is 10.7. The highest BCUT2D eigenvalue weighted by molar-refractivity contribution is 5.79. The second-order valence-electron chi connectivity index (χ2n) is 12.5. The number of hydrogen-bond donors (Lipinski definition) is 1. The lowest BCUT2D eigenvalue weighted by molar-refractivity contribution is -0.147. The molecule has 0 saturated heterocycles. The van der Waals surface area contributed by atoms with Crippen LogP contribution in [0, 0.1) is 46.3 Å². The number of Topliss-reactive ketones (excluding diaryl/α,β-unsaturated/α-hetero) is 1. The first-order valence-corrected chi connectivity index (χ1v) is 13.7. The quantitative estimate of drug-likeness (QED) is 0.404. The van der Waals surface area contributed by atoms with Gasteiger partial charge in [-0.05, 0) is 99.2 Å². The zero-order valence-corrected chi connectivity index (χ0v) is 21.9. The lowest BCUT2D eigenvalue weighted by Crippen LogP contribution is -2.54. The summed E-state index contributed by atoms with van der Waals surface area (Å²) in [7, 11) is 0. The number of carbonyl (C=O) groups is 3. The van der Waals surface area contributed by atoms with Crippen molar-refractivity contribution in [3.05, 3.63) is 0 Å². The topological polar surface area (TPSA) is 81.7 Å². The summed E-state index contributed by atoms with van der Waals surface area (Å²) in [5.74, 6) is 3.02. The van der Waals surface area contributed by atoms with E-state index < -0.39 is 6.09 Å². The van der Waals surface area contributed by atoms with Crippen molar-refractivity contribution >= 4 is 17.8 Å². The predicted molar refractivity (Wildman–Crippen MR) is 130 cm³/mol. The van der Waals surface area contributed by atoms with E-state index in [-0.39, 0.29) is 42.5 Å². The zero-order valence-electron chi connectivity index (χ0n) is 21.9. The van der Waals surface area contributed by atoms with E-state index >= 15 is 0 Å². The van der Waals surface area contributed by atoms with Crippen LogP contribution in [0.2, 0.25) is 0 Å². The molecule has 6 nitrogen and oxygen atoms in total. The Morgan fingerprint density at radius 2 is 1.65 bits per heavy atom. The Hall–Kier alpha value is -1.59. The smallest absolute Gasteiger partial charge is 0.407 e. The molecule has 0 aliphatic heterocycles. The third kappa shape index (κ3) is 4.63. The lowest BCUT2D eigenvalue weighted by Gasteiger charge is -2.61. The zero-order chi connectivity index (χ0) is 24.7. The van der Waals surface area contributed by atoms with Gasteiger partial charge in [-0.1, -0.05) is 27.7 Å². The van der Waals surface area contributed by atoms with Crippen molar-refractivity contribution in [2.45, 2.75) is 98.5 Å². The van der Waals surface area contributed by atoms with E-state index in [0.29, 0.717) is 23.0 Å². The van der Waals surface area contributed by atoms with Crippen molar-refractivity contribution in [2.24, 2.45) is 46.3 Å². The number of alkyl carbamates (subject to hydrolysis) is 1. The van der Waals surface area contributed by atoms with Crippen LogP contribution in [0.1, 0.15) is 92.4 Å². The summed E-state index contributed by atoms with van der Waals surface area (Å²) < 4.78 is 10.9. The minimum atomic E-state index is -0.405. The highest BCUT2D eigenvalue weighted by Gasteiger charge is 2.60. The van der Waals surface area contributed by atoms with Crippen molar-refractivity contribution in [2.75, 3.05) is 13.2 Å². The molecule has 0 aromatic carbocycles. The summed E-state index contributed by atoms with van der Waals surface area (Å²) in [6.07, 6.45) is 9.76. The molecule has 6 heteroatoms. The summed E-state index contributed by atoms with van der Waals surface area (Å²) in [6, 6.07) is 0. The lowest BCUT2D eigenvalue weighted by atomic mass is 9.44. The molecular formula is C28H45NO5. The number of nitrogens with one attached hydrogen (secondary N) is 1. The van der Waals surface area contributed by atoms with Gasteiger partial charge in [0, 0.05) is 5.92 Å². The Labute approximate surface area is 205 Å². The monoisotopic (exact) mass is 475 g/mol. The maximum atomic E-state index is 12.4. The van der Waals surface area contributed by atoms with E-state index in [0.717, 1.165) is 37.5 Å². The fourth-order valence-corrected chi connectivity index (χ4v) is 8.66. The molecule has 0 bridgehead atoms. The molecule has 1 amide bonds. The van der Waals surface area contributed by atoms with Crippen molar-refractivity contribution in [1.29, 1.82) is 0 Å². The molecule has 4 aliphatic carbocycles. The molecule has 4 saturated carbocycles. The Kier molecular flexibility index (Phi) is 7.36. The molecule has 34 heavy (non-hydrogen) atoms. The molecule has 4 rings (SSSR count). The molecule has 0 radical (unpaired) electrons. The average molecular weight is 476 g/mol. The van der Waals surface area contributed by atoms with Gasteiger partial charge in [0.15, 0.2) is 0 Å². The van der Waals surface area contributed by atoms with Crippen LogP contribution in [0.4, 0.5) is 4.79 Å². The summed E-state index contributed by atoms with van der Waals surface area (Å²) in [5, 5.41) is 2.73. The van der Waals surface area contributed by atoms with E-state index in [1.165, 1.54) is 32.1 Å². The van der Waals surface area contributed by atoms with E-state index in [1.807, 2.05) is 0 Å². The predicted octanol–water partition coefficient (Wildman–Crippen LogP) is 5.53. The van der Waals surface area contributed by atoms with E-state index in [4.69, 9.17) is 9.47 Å². The second kappa shape index (κ2) is 9.81. The van der Waals surface area contributed by atoms with Crippen LogP contribution >= 0.6 is 0 Å². The average Bonchev–Trinajstić information content (AvgIpc) is 3.14. The van der Waals surface area contributed by atoms with Crippen LogP contribution in [0.15, 0.2) is 0 Å². The number of hydrogen-bond acceptors (Lipinski definition) is 5. The van der Waals surface area contributed by atoms with Gasteiger partial charge in [0.05, 0.1) is 12.5 Å². The Morgan fingerprint density at radius 1 is 0.941 bits per heavy atom. The van der Waals surface area contributed by atoms with Gasteiger partial charge < -0.3 is 14.8 Å². The molecule has 0 aromatic heterocycles. The van der Waals surface area contributed by atoms with Crippen LogP contribution in [-0.2, 0) is 19.1 Å². The standard InChI is InChI=1S/C28H45NO5/c1-17(2)25(31)33-15-14-29-26(32)34-20-10-12-27(4)19(16-20)6-7-21-23-9-8-22(18(3)30)28(23,5)13-11-24(21)27/h17,19-24H,6-16H2,1-5H3,(H,29,32)/t19-,20+,21-,22+,23-,24-,27-,28+/m0/s1. The van der Waals surface area contributed by atoms with Crippen molar-refractivity contribution in [3.8, 4) is 0 Å². The number of amides is 1. The third-order valence-electron chi connectivity index (χ3n) is 10.5. The van der Waals surface area contributed by atoms with Gasteiger partial charge in [0.2, 0.25) is 0 Å². The van der Waals surface area contributed by atoms with Crippen molar-refractivity contribution in [3.63, 3.8) is 0 Å². The van der Waals surface area contributed by atoms with Gasteiger partial charge in [0.25, 0.3) is 0 Å². The van der Waals surface area contributed by atoms with Crippen molar-refractivity contribution in [1.82, 2.24) is 5.32 Å². The summed E-state index contributed by atoms with van der Waals surface area (Å²) >= 11 is 0. The fraction of sp³-hybridized carbons (Fsp3) is 0.893. The molecule has 0 unspecified atom stereocenters. The highest BCUT2D eigenvalue weighted by atomic mass is 16.6. The van der Waals surface area contributed by atoms with Crippen LogP contribution in [-0.4, -0.2) is 37.1 Å². The number of rotatable bonds is 6. The summed E-state index contributed by atoms with van der Waals surface area (Å²) in [4.78, 5) is 36.2. The number of ether oxygens (including phenoxy) is 2. The van der Waals surface area contributed by atoms with Crippen molar-refractivity contribution < 1.29 is 23.9 Å². The van der Waals surface area contributed by atoms with Gasteiger partial charge in [0.1, 0.15) is 18.5 Å². The summed E-state index contributed by atoms with van der Waals surface area (Å²) in [5.41, 5.74) is 0.526. The second-order valence-corrected chi connectivity index (χ2v) is 12.5. The molecule has 4 fully saturated rings. The first kappa shape index (κ1) is 25.5. The van der Waals surface area contributed by atoms with Crippen LogP contribution in [0.5, 0.6) is 0 Å². The molecule has 4 aliphatic rings. The largest absolute Gasteiger partial charge is 0.464 e. The highest BCUT2D eigenvalue weighted by Crippen LogP contribution is 2.67. The minimum Gasteiger partial charge on any atom is -0.464 e. The number of ketones is 1. The molecule has 1 N–H and O–H groups in total. The van der Waals surface area contributed by atoms with Crippen LogP contribution in [0.25, 0.3) is 0 Å². The van der Waals surface area contributed by atoms with Gasteiger partial charge in [-0.15, -0.1) is 0 Å². The Morgan fingerprint density at radius 3 is 2.35 bits per heavy atom. The number of esters is 1. The van der Waals surface area contributed by atoms with E-state index in [1.54, 1.807) is 20.8 Å². The maximum Gasteiger partial charge on any atom is 0.407 e. The molecule has 8 atom stereocenters. The minimum absolute atomic E-state index is 0.0322. The molecule has 0 heterocycles. The Balaban J connectivity index is 1.30. The fourth-order valence-electron chi connectivity index (χ4n) is 8.66. The molecular weight excluding hydrogens is 430 g/mol. The van der Waals surface area contributed by atoms with Gasteiger partial charge in [-0.3, -0.25) is 9.59 Å². The first-order valence-electron chi connectivity index (χ1n) is 13.7. The molecule has 192 valence electrons. The van der Waals surface area contributed by atoms with Gasteiger partial charge >= 0.3 is 12.1 Å². The SMILES string of the molecule is CC(=O)[C@H]1CC[C@H]2[C@@H]3CC[C@H]4C[C@H](OC(=O)NCCOC(=O)C(C)C)CC[C@]4(C)[C@H]3CC[C@]12C. The van der Waals surface area contributed by atoms with Gasteiger partial charge in [-0.25, -0.2) is 4.79 Å². The normalized spacial score (nSPS) is 41.1.